The van der Waals surface area contributed by atoms with E-state index in [1.165, 1.54) is 16.5 Å². The lowest BCUT2D eigenvalue weighted by Crippen LogP contribution is -1.94. The van der Waals surface area contributed by atoms with Crippen molar-refractivity contribution in [1.29, 1.82) is 0 Å². The highest BCUT2D eigenvalue weighted by atomic mass is 15.0. The first-order valence-electron chi connectivity index (χ1n) is 5.91. The molecule has 1 aromatic carbocycles. The normalized spacial score (nSPS) is 14.2. The number of hydrogen-bond donors (Lipinski definition) is 1. The average Bonchev–Trinajstić information content (AvgIpc) is 2.71. The zero-order chi connectivity index (χ0) is 11.1. The summed E-state index contributed by atoms with van der Waals surface area (Å²) >= 11 is 0. The van der Waals surface area contributed by atoms with Crippen molar-refractivity contribution in [2.75, 3.05) is 11.9 Å². The number of pyridine rings is 1. The predicted octanol–water partition coefficient (Wildman–Crippen LogP) is 3.33. The van der Waals surface area contributed by atoms with E-state index in [2.05, 4.69) is 48.4 Å². The molecule has 3 rings (SSSR count). The Morgan fingerprint density at radius 2 is 2.12 bits per heavy atom. The van der Waals surface area contributed by atoms with E-state index < -0.39 is 0 Å². The van der Waals surface area contributed by atoms with Crippen molar-refractivity contribution in [1.82, 2.24) is 4.98 Å². The summed E-state index contributed by atoms with van der Waals surface area (Å²) in [6.07, 6.45) is 1.10. The van der Waals surface area contributed by atoms with Crippen molar-refractivity contribution >= 4 is 16.7 Å². The van der Waals surface area contributed by atoms with Gasteiger partial charge in [0.05, 0.1) is 5.52 Å². The summed E-state index contributed by atoms with van der Waals surface area (Å²) in [4.78, 5) is 4.69. The standard InChI is InChI=1S/C14H16N2/c1-9(2)10-3-4-11-7-12-5-6-15-14(12)16-13(11)8-10/h3-4,7-9H,5-6H2,1-2H3,(H,15,16). The highest BCUT2D eigenvalue weighted by Gasteiger charge is 2.12. The second-order valence-corrected chi connectivity index (χ2v) is 4.78. The molecule has 0 amide bonds. The smallest absolute Gasteiger partial charge is 0.129 e. The van der Waals surface area contributed by atoms with Crippen molar-refractivity contribution in [3.8, 4) is 0 Å². The molecule has 82 valence electrons. The fourth-order valence-corrected chi connectivity index (χ4v) is 2.25. The molecule has 0 bridgehead atoms. The minimum atomic E-state index is 0.562. The van der Waals surface area contributed by atoms with Gasteiger partial charge < -0.3 is 5.32 Å². The Morgan fingerprint density at radius 3 is 2.94 bits per heavy atom. The molecular formula is C14H16N2. The van der Waals surface area contributed by atoms with Gasteiger partial charge in [0, 0.05) is 11.9 Å². The van der Waals surface area contributed by atoms with E-state index in [-0.39, 0.29) is 0 Å². The molecule has 0 fully saturated rings. The molecule has 2 heterocycles. The number of aromatic nitrogens is 1. The molecule has 0 aliphatic carbocycles. The molecule has 0 radical (unpaired) electrons. The van der Waals surface area contributed by atoms with Gasteiger partial charge >= 0.3 is 0 Å². The first-order chi connectivity index (χ1) is 7.74. The Morgan fingerprint density at radius 1 is 1.25 bits per heavy atom. The van der Waals surface area contributed by atoms with Gasteiger partial charge in [-0.3, -0.25) is 0 Å². The van der Waals surface area contributed by atoms with Gasteiger partial charge in [0.15, 0.2) is 0 Å². The van der Waals surface area contributed by atoms with E-state index in [1.54, 1.807) is 0 Å². The van der Waals surface area contributed by atoms with Gasteiger partial charge in [-0.15, -0.1) is 0 Å². The fraction of sp³-hybridized carbons (Fsp3) is 0.357. The highest BCUT2D eigenvalue weighted by Crippen LogP contribution is 2.26. The van der Waals surface area contributed by atoms with Crippen LogP contribution >= 0.6 is 0 Å². The summed E-state index contributed by atoms with van der Waals surface area (Å²) in [6.45, 7) is 5.45. The van der Waals surface area contributed by atoms with Crippen molar-refractivity contribution in [2.24, 2.45) is 0 Å². The third-order valence-corrected chi connectivity index (χ3v) is 3.27. The molecule has 0 saturated heterocycles. The van der Waals surface area contributed by atoms with Crippen LogP contribution in [0.15, 0.2) is 24.3 Å². The average molecular weight is 212 g/mol. The van der Waals surface area contributed by atoms with Crippen molar-refractivity contribution in [2.45, 2.75) is 26.2 Å². The molecule has 2 heteroatoms. The van der Waals surface area contributed by atoms with Crippen LogP contribution in [0.1, 0.15) is 30.9 Å². The maximum atomic E-state index is 4.69. The van der Waals surface area contributed by atoms with E-state index in [9.17, 15) is 0 Å². The van der Waals surface area contributed by atoms with Crippen LogP contribution in [0, 0.1) is 0 Å². The maximum absolute atomic E-state index is 4.69. The van der Waals surface area contributed by atoms with Crippen LogP contribution in [0.2, 0.25) is 0 Å². The largest absolute Gasteiger partial charge is 0.369 e. The zero-order valence-corrected chi connectivity index (χ0v) is 9.75. The molecule has 2 nitrogen and oxygen atoms in total. The molecule has 1 N–H and O–H groups in total. The molecule has 0 saturated carbocycles. The summed E-state index contributed by atoms with van der Waals surface area (Å²) in [5.41, 5.74) is 3.82. The Balaban J connectivity index is 2.20. The van der Waals surface area contributed by atoms with E-state index in [0.29, 0.717) is 5.92 Å². The fourth-order valence-electron chi connectivity index (χ4n) is 2.25. The minimum Gasteiger partial charge on any atom is -0.369 e. The number of rotatable bonds is 1. The third kappa shape index (κ3) is 1.45. The Kier molecular flexibility index (Phi) is 2.10. The van der Waals surface area contributed by atoms with Crippen LogP contribution in [0.3, 0.4) is 0 Å². The molecule has 1 aliphatic rings. The van der Waals surface area contributed by atoms with Gasteiger partial charge in [-0.05, 0) is 35.6 Å². The van der Waals surface area contributed by atoms with Crippen LogP contribution < -0.4 is 5.32 Å². The Bertz CT molecular complexity index is 544. The van der Waals surface area contributed by atoms with E-state index in [1.807, 2.05) is 0 Å². The molecule has 1 aromatic heterocycles. The van der Waals surface area contributed by atoms with Crippen LogP contribution in [0.5, 0.6) is 0 Å². The first kappa shape index (κ1) is 9.64. The molecule has 16 heavy (non-hydrogen) atoms. The highest BCUT2D eigenvalue weighted by molar-refractivity contribution is 5.83. The van der Waals surface area contributed by atoms with Crippen LogP contribution in [0.4, 0.5) is 5.82 Å². The van der Waals surface area contributed by atoms with Gasteiger partial charge in [-0.25, -0.2) is 4.98 Å². The summed E-state index contributed by atoms with van der Waals surface area (Å²) in [7, 11) is 0. The summed E-state index contributed by atoms with van der Waals surface area (Å²) in [6, 6.07) is 8.88. The number of benzene rings is 1. The number of nitrogens with one attached hydrogen (secondary N) is 1. The van der Waals surface area contributed by atoms with E-state index in [4.69, 9.17) is 0 Å². The monoisotopic (exact) mass is 212 g/mol. The SMILES string of the molecule is CC(C)c1ccc2cc3c(nc2c1)NCC3. The minimum absolute atomic E-state index is 0.562. The van der Waals surface area contributed by atoms with Crippen LogP contribution in [-0.2, 0) is 6.42 Å². The lowest BCUT2D eigenvalue weighted by Gasteiger charge is -2.08. The second-order valence-electron chi connectivity index (χ2n) is 4.78. The van der Waals surface area contributed by atoms with Crippen molar-refractivity contribution in [3.05, 3.63) is 35.4 Å². The maximum Gasteiger partial charge on any atom is 0.129 e. The van der Waals surface area contributed by atoms with Gasteiger partial charge in [-0.2, -0.15) is 0 Å². The summed E-state index contributed by atoms with van der Waals surface area (Å²) in [5, 5.41) is 4.59. The van der Waals surface area contributed by atoms with Crippen LogP contribution in [0.25, 0.3) is 10.9 Å². The van der Waals surface area contributed by atoms with Gasteiger partial charge in [0.2, 0.25) is 0 Å². The van der Waals surface area contributed by atoms with E-state index in [0.717, 1.165) is 24.3 Å². The number of nitrogens with zero attached hydrogens (tertiary/aromatic N) is 1. The van der Waals surface area contributed by atoms with Crippen molar-refractivity contribution < 1.29 is 0 Å². The molecular weight excluding hydrogens is 196 g/mol. The number of hydrogen-bond acceptors (Lipinski definition) is 2. The predicted molar refractivity (Wildman–Crippen MR) is 68.0 cm³/mol. The molecule has 0 spiro atoms. The Labute approximate surface area is 95.7 Å². The summed E-state index contributed by atoms with van der Waals surface area (Å²) in [5.74, 6) is 1.64. The quantitative estimate of drug-likeness (QED) is 0.784. The summed E-state index contributed by atoms with van der Waals surface area (Å²) < 4.78 is 0. The number of anilines is 1. The van der Waals surface area contributed by atoms with Gasteiger partial charge in [-0.1, -0.05) is 26.0 Å². The lowest BCUT2D eigenvalue weighted by molar-refractivity contribution is 0.868. The second kappa shape index (κ2) is 3.48. The van der Waals surface area contributed by atoms with E-state index >= 15 is 0 Å². The van der Waals surface area contributed by atoms with Gasteiger partial charge in [0.1, 0.15) is 5.82 Å². The molecule has 2 aromatic rings. The Hall–Kier alpha value is -1.57. The zero-order valence-electron chi connectivity index (χ0n) is 9.75. The molecule has 0 unspecified atom stereocenters. The van der Waals surface area contributed by atoms with Crippen LogP contribution in [-0.4, -0.2) is 11.5 Å². The first-order valence-corrected chi connectivity index (χ1v) is 5.91. The topological polar surface area (TPSA) is 24.9 Å². The molecule has 0 atom stereocenters. The molecule has 1 aliphatic heterocycles. The van der Waals surface area contributed by atoms with Gasteiger partial charge in [0.25, 0.3) is 0 Å². The lowest BCUT2D eigenvalue weighted by atomic mass is 10.0. The van der Waals surface area contributed by atoms with Crippen molar-refractivity contribution in [3.63, 3.8) is 0 Å². The number of fused-ring (bicyclic) bond motifs is 2. The third-order valence-electron chi connectivity index (χ3n) is 3.27.